The summed E-state index contributed by atoms with van der Waals surface area (Å²) in [4.78, 5) is 10.5. The molecule has 0 radical (unpaired) electrons. The van der Waals surface area contributed by atoms with E-state index in [2.05, 4.69) is 14.9 Å². The zero-order valence-electron chi connectivity index (χ0n) is 9.14. The van der Waals surface area contributed by atoms with Crippen LogP contribution in [0.25, 0.3) is 0 Å². The van der Waals surface area contributed by atoms with Crippen LogP contribution < -0.4 is 0 Å². The molecule has 1 unspecified atom stereocenters. The van der Waals surface area contributed by atoms with Crippen LogP contribution in [0.15, 0.2) is 12.4 Å². The van der Waals surface area contributed by atoms with E-state index in [4.69, 9.17) is 16.7 Å². The number of hydrogen-bond acceptors (Lipinski definition) is 4. The molecule has 4 nitrogen and oxygen atoms in total. The lowest BCUT2D eigenvalue weighted by molar-refractivity contribution is 0.115. The summed E-state index contributed by atoms with van der Waals surface area (Å²) >= 11 is 5.96. The van der Waals surface area contributed by atoms with Gasteiger partial charge in [-0.1, -0.05) is 11.6 Å². The lowest BCUT2D eigenvalue weighted by Crippen LogP contribution is -2.36. The third-order valence-corrected chi connectivity index (χ3v) is 3.27. The van der Waals surface area contributed by atoms with E-state index in [1.165, 1.54) is 0 Å². The van der Waals surface area contributed by atoms with Gasteiger partial charge in [0.1, 0.15) is 0 Å². The number of halogens is 1. The van der Waals surface area contributed by atoms with Crippen LogP contribution in [0.1, 0.15) is 18.5 Å². The number of likely N-dealkylation sites (tertiary alicyclic amines) is 1. The minimum absolute atomic E-state index is 0.269. The molecule has 88 valence electrons. The van der Waals surface area contributed by atoms with E-state index in [0.29, 0.717) is 11.1 Å². The molecule has 0 spiro atoms. The van der Waals surface area contributed by atoms with E-state index in [-0.39, 0.29) is 6.61 Å². The topological polar surface area (TPSA) is 49.2 Å². The predicted octanol–water partition coefficient (Wildman–Crippen LogP) is 1.33. The SMILES string of the molecule is OCC1CCCN(Cc2nccnc2Cl)C1. The lowest BCUT2D eigenvalue weighted by Gasteiger charge is -2.31. The number of aliphatic hydroxyl groups is 1. The smallest absolute Gasteiger partial charge is 0.151 e. The van der Waals surface area contributed by atoms with Crippen molar-refractivity contribution >= 4 is 11.6 Å². The standard InChI is InChI=1S/C11H16ClN3O/c12-11-10(13-3-4-14-11)7-15-5-1-2-9(6-15)8-16/h3-4,9,16H,1-2,5-8H2. The number of aliphatic hydroxyl groups excluding tert-OH is 1. The number of piperidine rings is 1. The molecule has 1 aliphatic heterocycles. The van der Waals surface area contributed by atoms with Crippen molar-refractivity contribution in [3.05, 3.63) is 23.2 Å². The van der Waals surface area contributed by atoms with Gasteiger partial charge < -0.3 is 5.11 Å². The highest BCUT2D eigenvalue weighted by atomic mass is 35.5. The Morgan fingerprint density at radius 2 is 2.25 bits per heavy atom. The third kappa shape index (κ3) is 2.90. The summed E-state index contributed by atoms with van der Waals surface area (Å²) in [6.07, 6.45) is 5.50. The molecule has 1 atom stereocenters. The van der Waals surface area contributed by atoms with Crippen LogP contribution >= 0.6 is 11.6 Å². The Kier molecular flexibility index (Phi) is 4.09. The fourth-order valence-corrected chi connectivity index (χ4v) is 2.28. The summed E-state index contributed by atoms with van der Waals surface area (Å²) < 4.78 is 0. The van der Waals surface area contributed by atoms with Gasteiger partial charge in [-0.25, -0.2) is 4.98 Å². The van der Waals surface area contributed by atoms with Crippen molar-refractivity contribution < 1.29 is 5.11 Å². The van der Waals surface area contributed by atoms with Gasteiger partial charge in [-0.15, -0.1) is 0 Å². The van der Waals surface area contributed by atoms with Gasteiger partial charge in [-0.05, 0) is 25.3 Å². The second-order valence-electron chi connectivity index (χ2n) is 4.22. The molecule has 16 heavy (non-hydrogen) atoms. The van der Waals surface area contributed by atoms with E-state index in [1.807, 2.05) is 0 Å². The maximum atomic E-state index is 9.15. The van der Waals surface area contributed by atoms with Crippen molar-refractivity contribution in [1.29, 1.82) is 0 Å². The fraction of sp³-hybridized carbons (Fsp3) is 0.636. The van der Waals surface area contributed by atoms with Crippen LogP contribution in [0.3, 0.4) is 0 Å². The van der Waals surface area contributed by atoms with Gasteiger partial charge in [0.25, 0.3) is 0 Å². The van der Waals surface area contributed by atoms with E-state index in [1.54, 1.807) is 12.4 Å². The molecule has 0 bridgehead atoms. The Labute approximate surface area is 100 Å². The molecule has 1 aliphatic rings. The number of hydrogen-bond donors (Lipinski definition) is 1. The summed E-state index contributed by atoms with van der Waals surface area (Å²) in [5.41, 5.74) is 0.822. The summed E-state index contributed by atoms with van der Waals surface area (Å²) in [5, 5.41) is 9.63. The van der Waals surface area contributed by atoms with Crippen LogP contribution in [-0.2, 0) is 6.54 Å². The Hall–Kier alpha value is -0.710. The first-order chi connectivity index (χ1) is 7.79. The molecule has 1 aromatic rings. The Balaban J connectivity index is 1.97. The molecule has 2 heterocycles. The highest BCUT2D eigenvalue weighted by Crippen LogP contribution is 2.19. The van der Waals surface area contributed by atoms with Crippen LogP contribution in [-0.4, -0.2) is 39.7 Å². The quantitative estimate of drug-likeness (QED) is 0.868. The van der Waals surface area contributed by atoms with Crippen LogP contribution in [0.4, 0.5) is 0 Å². The first-order valence-corrected chi connectivity index (χ1v) is 5.96. The summed E-state index contributed by atoms with van der Waals surface area (Å²) in [6.45, 7) is 2.96. The van der Waals surface area contributed by atoms with Gasteiger partial charge in [0.2, 0.25) is 0 Å². The minimum Gasteiger partial charge on any atom is -0.396 e. The van der Waals surface area contributed by atoms with Crippen molar-refractivity contribution in [2.45, 2.75) is 19.4 Å². The normalized spacial score (nSPS) is 22.2. The fourth-order valence-electron chi connectivity index (χ4n) is 2.11. The zero-order valence-corrected chi connectivity index (χ0v) is 9.90. The molecule has 0 amide bonds. The number of aromatic nitrogens is 2. The summed E-state index contributed by atoms with van der Waals surface area (Å²) in [6, 6.07) is 0. The van der Waals surface area contributed by atoms with Gasteiger partial charge in [0.05, 0.1) is 5.69 Å². The second kappa shape index (κ2) is 5.57. The molecule has 0 saturated carbocycles. The Bertz CT molecular complexity index is 348. The number of nitrogens with zero attached hydrogens (tertiary/aromatic N) is 3. The largest absolute Gasteiger partial charge is 0.396 e. The molecule has 1 fully saturated rings. The monoisotopic (exact) mass is 241 g/mol. The van der Waals surface area contributed by atoms with Crippen molar-refractivity contribution in [3.8, 4) is 0 Å². The van der Waals surface area contributed by atoms with Gasteiger partial charge in [0, 0.05) is 32.1 Å². The average Bonchev–Trinajstić information content (AvgIpc) is 2.32. The number of rotatable bonds is 3. The molecule has 1 saturated heterocycles. The second-order valence-corrected chi connectivity index (χ2v) is 4.58. The Morgan fingerprint density at radius 1 is 1.44 bits per heavy atom. The van der Waals surface area contributed by atoms with E-state index >= 15 is 0 Å². The highest BCUT2D eigenvalue weighted by molar-refractivity contribution is 6.29. The maximum absolute atomic E-state index is 9.15. The molecule has 1 aromatic heterocycles. The van der Waals surface area contributed by atoms with E-state index in [0.717, 1.165) is 38.2 Å². The average molecular weight is 242 g/mol. The zero-order chi connectivity index (χ0) is 11.4. The van der Waals surface area contributed by atoms with Crippen molar-refractivity contribution in [1.82, 2.24) is 14.9 Å². The van der Waals surface area contributed by atoms with E-state index in [9.17, 15) is 0 Å². The van der Waals surface area contributed by atoms with E-state index < -0.39 is 0 Å². The van der Waals surface area contributed by atoms with Crippen LogP contribution in [0, 0.1) is 5.92 Å². The van der Waals surface area contributed by atoms with Crippen LogP contribution in [0.5, 0.6) is 0 Å². The molecule has 5 heteroatoms. The predicted molar refractivity (Wildman–Crippen MR) is 62.1 cm³/mol. The third-order valence-electron chi connectivity index (χ3n) is 2.96. The molecule has 0 aliphatic carbocycles. The molecule has 1 N–H and O–H groups in total. The lowest BCUT2D eigenvalue weighted by atomic mass is 9.99. The van der Waals surface area contributed by atoms with Crippen LogP contribution in [0.2, 0.25) is 5.15 Å². The highest BCUT2D eigenvalue weighted by Gasteiger charge is 2.20. The van der Waals surface area contributed by atoms with Crippen molar-refractivity contribution in [2.24, 2.45) is 5.92 Å². The maximum Gasteiger partial charge on any atom is 0.151 e. The molecular weight excluding hydrogens is 226 g/mol. The Morgan fingerprint density at radius 3 is 3.00 bits per heavy atom. The van der Waals surface area contributed by atoms with Gasteiger partial charge in [0.15, 0.2) is 5.15 Å². The van der Waals surface area contributed by atoms with Gasteiger partial charge in [-0.3, -0.25) is 9.88 Å². The molecule has 0 aromatic carbocycles. The molecular formula is C11H16ClN3O. The summed E-state index contributed by atoms with van der Waals surface area (Å²) in [7, 11) is 0. The first-order valence-electron chi connectivity index (χ1n) is 5.58. The van der Waals surface area contributed by atoms with Crippen molar-refractivity contribution in [3.63, 3.8) is 0 Å². The van der Waals surface area contributed by atoms with Gasteiger partial charge >= 0.3 is 0 Å². The minimum atomic E-state index is 0.269. The van der Waals surface area contributed by atoms with Gasteiger partial charge in [-0.2, -0.15) is 0 Å². The molecule has 2 rings (SSSR count). The first kappa shape index (κ1) is 11.8. The summed E-state index contributed by atoms with van der Waals surface area (Å²) in [5.74, 6) is 0.393. The van der Waals surface area contributed by atoms with Crippen molar-refractivity contribution in [2.75, 3.05) is 19.7 Å².